The van der Waals surface area contributed by atoms with Crippen molar-refractivity contribution in [3.63, 3.8) is 0 Å². The van der Waals surface area contributed by atoms with E-state index in [2.05, 4.69) is 6.92 Å². The van der Waals surface area contributed by atoms with E-state index in [0.29, 0.717) is 5.92 Å². The number of esters is 2. The molecule has 2 aliphatic carbocycles. The highest BCUT2D eigenvalue weighted by atomic mass is 16.5. The van der Waals surface area contributed by atoms with Gasteiger partial charge in [0.15, 0.2) is 0 Å². The highest BCUT2D eigenvalue weighted by molar-refractivity contribution is 5.82. The summed E-state index contributed by atoms with van der Waals surface area (Å²) >= 11 is 0. The molecule has 4 nitrogen and oxygen atoms in total. The van der Waals surface area contributed by atoms with Gasteiger partial charge in [-0.3, -0.25) is 9.59 Å². The summed E-state index contributed by atoms with van der Waals surface area (Å²) in [7, 11) is 1.39. The second kappa shape index (κ2) is 7.09. The first kappa shape index (κ1) is 15.3. The molecule has 2 fully saturated rings. The summed E-state index contributed by atoms with van der Waals surface area (Å²) < 4.78 is 10.6. The molecule has 0 aromatic rings. The minimum atomic E-state index is -0.305. The van der Waals surface area contributed by atoms with E-state index in [-0.39, 0.29) is 29.9 Å². The van der Waals surface area contributed by atoms with Crippen LogP contribution < -0.4 is 0 Å². The fourth-order valence-corrected chi connectivity index (χ4v) is 3.54. The molecule has 0 aromatic carbocycles. The molecule has 0 amide bonds. The number of hydrogen-bond acceptors (Lipinski definition) is 4. The first-order valence-electron chi connectivity index (χ1n) is 7.91. The van der Waals surface area contributed by atoms with Gasteiger partial charge in [-0.1, -0.05) is 26.2 Å². The quantitative estimate of drug-likeness (QED) is 0.746. The number of carbonyl (C=O) groups excluding carboxylic acids is 2. The van der Waals surface area contributed by atoms with Gasteiger partial charge in [-0.05, 0) is 38.0 Å². The molecule has 0 bridgehead atoms. The lowest BCUT2D eigenvalue weighted by Gasteiger charge is -2.33. The molecule has 2 saturated carbocycles. The molecule has 114 valence electrons. The first-order chi connectivity index (χ1) is 9.63. The molecule has 0 spiro atoms. The highest BCUT2D eigenvalue weighted by Crippen LogP contribution is 2.34. The number of hydrogen-bond donors (Lipinski definition) is 0. The van der Waals surface area contributed by atoms with Crippen LogP contribution in [0, 0.1) is 17.8 Å². The van der Waals surface area contributed by atoms with Gasteiger partial charge in [-0.25, -0.2) is 0 Å². The van der Waals surface area contributed by atoms with Crippen LogP contribution >= 0.6 is 0 Å². The summed E-state index contributed by atoms with van der Waals surface area (Å²) in [5.74, 6) is -0.611. The van der Waals surface area contributed by atoms with Crippen molar-refractivity contribution in [3.05, 3.63) is 0 Å². The van der Waals surface area contributed by atoms with Crippen LogP contribution in [0.3, 0.4) is 0 Å². The summed E-state index contributed by atoms with van der Waals surface area (Å²) in [5, 5.41) is 0. The third-order valence-corrected chi connectivity index (χ3v) is 4.87. The zero-order valence-electron chi connectivity index (χ0n) is 12.6. The fourth-order valence-electron chi connectivity index (χ4n) is 3.54. The second-order valence-electron chi connectivity index (χ2n) is 6.26. The normalized spacial score (nSPS) is 34.3. The molecular weight excluding hydrogens is 256 g/mol. The minimum Gasteiger partial charge on any atom is -0.469 e. The van der Waals surface area contributed by atoms with Crippen LogP contribution in [-0.4, -0.2) is 25.2 Å². The van der Waals surface area contributed by atoms with Gasteiger partial charge in [-0.2, -0.15) is 0 Å². The van der Waals surface area contributed by atoms with Crippen LogP contribution in [-0.2, 0) is 19.1 Å². The van der Waals surface area contributed by atoms with E-state index in [1.54, 1.807) is 0 Å². The van der Waals surface area contributed by atoms with Crippen LogP contribution in [0.4, 0.5) is 0 Å². The Bertz CT molecular complexity index is 352. The monoisotopic (exact) mass is 282 g/mol. The number of rotatable bonds is 3. The van der Waals surface area contributed by atoms with Crippen molar-refractivity contribution < 1.29 is 19.1 Å². The average molecular weight is 282 g/mol. The van der Waals surface area contributed by atoms with E-state index in [9.17, 15) is 9.59 Å². The van der Waals surface area contributed by atoms with Crippen molar-refractivity contribution in [2.24, 2.45) is 17.8 Å². The molecule has 0 N–H and O–H groups in total. The van der Waals surface area contributed by atoms with Crippen molar-refractivity contribution in [2.75, 3.05) is 7.11 Å². The van der Waals surface area contributed by atoms with Gasteiger partial charge in [0.25, 0.3) is 0 Å². The smallest absolute Gasteiger partial charge is 0.310 e. The Morgan fingerprint density at radius 3 is 2.00 bits per heavy atom. The molecule has 0 radical (unpaired) electrons. The molecule has 4 atom stereocenters. The standard InChI is InChI=1S/C16H26O4/c1-11-7-3-6-10-14(11)20-16(18)13-9-5-4-8-12(13)15(17)19-2/h11-14H,3-10H2,1-2H3. The maximum absolute atomic E-state index is 12.4. The molecule has 2 aliphatic rings. The molecule has 0 saturated heterocycles. The SMILES string of the molecule is COC(=O)C1CCCCC1C(=O)OC1CCCCC1C. The van der Waals surface area contributed by atoms with Crippen molar-refractivity contribution in [1.82, 2.24) is 0 Å². The van der Waals surface area contributed by atoms with Crippen LogP contribution in [0.25, 0.3) is 0 Å². The lowest BCUT2D eigenvalue weighted by Crippen LogP contribution is -2.38. The molecule has 20 heavy (non-hydrogen) atoms. The Kier molecular flexibility index (Phi) is 5.44. The van der Waals surface area contributed by atoms with Gasteiger partial charge in [-0.15, -0.1) is 0 Å². The zero-order valence-corrected chi connectivity index (χ0v) is 12.6. The van der Waals surface area contributed by atoms with E-state index < -0.39 is 0 Å². The summed E-state index contributed by atoms with van der Waals surface area (Å²) in [6.45, 7) is 2.15. The molecule has 4 unspecified atom stereocenters. The maximum Gasteiger partial charge on any atom is 0.310 e. The lowest BCUT2D eigenvalue weighted by molar-refractivity contribution is -0.167. The van der Waals surface area contributed by atoms with Gasteiger partial charge >= 0.3 is 11.9 Å². The summed E-state index contributed by atoms with van der Waals surface area (Å²) in [5.41, 5.74) is 0. The average Bonchev–Trinajstić information content (AvgIpc) is 2.48. The molecule has 0 aromatic heterocycles. The van der Waals surface area contributed by atoms with Gasteiger partial charge < -0.3 is 9.47 Å². The summed E-state index contributed by atoms with van der Waals surface area (Å²) in [4.78, 5) is 24.2. The summed E-state index contributed by atoms with van der Waals surface area (Å²) in [6.07, 6.45) is 7.96. The van der Waals surface area contributed by atoms with Crippen molar-refractivity contribution >= 4 is 11.9 Å². The van der Waals surface area contributed by atoms with E-state index in [1.165, 1.54) is 13.5 Å². The maximum atomic E-state index is 12.4. The van der Waals surface area contributed by atoms with Crippen molar-refractivity contribution in [1.29, 1.82) is 0 Å². The Morgan fingerprint density at radius 1 is 0.850 bits per heavy atom. The fraction of sp³-hybridized carbons (Fsp3) is 0.875. The zero-order chi connectivity index (χ0) is 14.5. The van der Waals surface area contributed by atoms with Gasteiger partial charge in [0.05, 0.1) is 18.9 Å². The van der Waals surface area contributed by atoms with E-state index in [0.717, 1.165) is 44.9 Å². The Labute approximate surface area is 121 Å². The van der Waals surface area contributed by atoms with Crippen molar-refractivity contribution in [2.45, 2.75) is 64.4 Å². The van der Waals surface area contributed by atoms with E-state index >= 15 is 0 Å². The number of methoxy groups -OCH3 is 1. The third-order valence-electron chi connectivity index (χ3n) is 4.87. The topological polar surface area (TPSA) is 52.6 Å². The molecule has 2 rings (SSSR count). The Morgan fingerprint density at radius 2 is 1.40 bits per heavy atom. The minimum absolute atomic E-state index is 0.0384. The van der Waals surface area contributed by atoms with Crippen LogP contribution in [0.2, 0.25) is 0 Å². The van der Waals surface area contributed by atoms with Gasteiger partial charge in [0.1, 0.15) is 6.10 Å². The first-order valence-corrected chi connectivity index (χ1v) is 7.91. The summed E-state index contributed by atoms with van der Waals surface area (Å²) in [6, 6.07) is 0. The molecular formula is C16H26O4. The second-order valence-corrected chi connectivity index (χ2v) is 6.26. The van der Waals surface area contributed by atoms with Gasteiger partial charge in [0, 0.05) is 0 Å². The van der Waals surface area contributed by atoms with Crippen LogP contribution in [0.15, 0.2) is 0 Å². The van der Waals surface area contributed by atoms with Crippen LogP contribution in [0.5, 0.6) is 0 Å². The lowest BCUT2D eigenvalue weighted by atomic mass is 9.79. The largest absolute Gasteiger partial charge is 0.469 e. The number of ether oxygens (including phenoxy) is 2. The van der Waals surface area contributed by atoms with E-state index in [1.807, 2.05) is 0 Å². The molecule has 0 heterocycles. The third kappa shape index (κ3) is 3.53. The molecule has 0 aliphatic heterocycles. The predicted octanol–water partition coefficient (Wildman–Crippen LogP) is 3.09. The predicted molar refractivity (Wildman–Crippen MR) is 75.0 cm³/mol. The van der Waals surface area contributed by atoms with Crippen molar-refractivity contribution in [3.8, 4) is 0 Å². The van der Waals surface area contributed by atoms with E-state index in [4.69, 9.17) is 9.47 Å². The van der Waals surface area contributed by atoms with Crippen LogP contribution in [0.1, 0.15) is 58.3 Å². The highest BCUT2D eigenvalue weighted by Gasteiger charge is 2.39. The Hall–Kier alpha value is -1.06. The molecule has 4 heteroatoms. The van der Waals surface area contributed by atoms with Gasteiger partial charge in [0.2, 0.25) is 0 Å². The number of carbonyl (C=O) groups is 2. The Balaban J connectivity index is 1.96.